The van der Waals surface area contributed by atoms with Crippen molar-refractivity contribution in [1.29, 1.82) is 0 Å². The van der Waals surface area contributed by atoms with E-state index in [9.17, 15) is 14.7 Å². The van der Waals surface area contributed by atoms with Crippen LogP contribution in [0.4, 0.5) is 5.69 Å². The van der Waals surface area contributed by atoms with Crippen molar-refractivity contribution >= 4 is 17.5 Å². The van der Waals surface area contributed by atoms with Gasteiger partial charge in [-0.3, -0.25) is 14.5 Å². The summed E-state index contributed by atoms with van der Waals surface area (Å²) in [6, 6.07) is 9.85. The molecule has 1 aromatic heterocycles. The first kappa shape index (κ1) is 18.4. The van der Waals surface area contributed by atoms with Gasteiger partial charge in [0.2, 0.25) is 5.88 Å². The highest BCUT2D eigenvalue weighted by molar-refractivity contribution is 5.99. The summed E-state index contributed by atoms with van der Waals surface area (Å²) < 4.78 is 5.18. The van der Waals surface area contributed by atoms with Crippen molar-refractivity contribution in [2.45, 2.75) is 19.1 Å². The van der Waals surface area contributed by atoms with Crippen LogP contribution in [0.1, 0.15) is 21.5 Å². The molecule has 0 spiro atoms. The number of carbonyl (C=O) groups excluding carboxylic acids is 2. The summed E-state index contributed by atoms with van der Waals surface area (Å²) in [5, 5.41) is 15.7. The van der Waals surface area contributed by atoms with Gasteiger partial charge in [0.1, 0.15) is 5.69 Å². The van der Waals surface area contributed by atoms with Gasteiger partial charge in [0.05, 0.1) is 11.7 Å². The summed E-state index contributed by atoms with van der Waals surface area (Å²) in [5.41, 5.74) is 3.31. The van der Waals surface area contributed by atoms with Crippen molar-refractivity contribution < 1.29 is 19.4 Å². The van der Waals surface area contributed by atoms with Crippen LogP contribution >= 0.6 is 0 Å². The van der Waals surface area contributed by atoms with Crippen LogP contribution in [0.2, 0.25) is 0 Å². The van der Waals surface area contributed by atoms with Gasteiger partial charge in [0, 0.05) is 32.4 Å². The first-order valence-corrected chi connectivity index (χ1v) is 9.26. The second-order valence-electron chi connectivity index (χ2n) is 7.03. The first-order chi connectivity index (χ1) is 13.6. The number of amides is 2. The van der Waals surface area contributed by atoms with E-state index in [1.54, 1.807) is 0 Å². The maximum Gasteiger partial charge on any atom is 0.262 e. The molecule has 2 amide bonds. The summed E-state index contributed by atoms with van der Waals surface area (Å²) in [6.45, 7) is 2.22. The number of hydrogen-bond acceptors (Lipinski definition) is 6. The molecule has 0 aliphatic carbocycles. The SMILES string of the molecule is O=C1COc2ncc(C(=O)NC[C@H](O)CN3CCc4ccccc4C3)cc2N1. The molecule has 0 saturated heterocycles. The normalized spacial score (nSPS) is 17.0. The third-order valence-corrected chi connectivity index (χ3v) is 4.90. The molecule has 3 heterocycles. The van der Waals surface area contributed by atoms with Crippen LogP contribution in [0.25, 0.3) is 0 Å². The lowest BCUT2D eigenvalue weighted by Gasteiger charge is -2.30. The molecule has 3 N–H and O–H groups in total. The predicted molar refractivity (Wildman–Crippen MR) is 102 cm³/mol. The van der Waals surface area contributed by atoms with Crippen LogP contribution in [0.3, 0.4) is 0 Å². The van der Waals surface area contributed by atoms with Crippen molar-refractivity contribution in [3.63, 3.8) is 0 Å². The van der Waals surface area contributed by atoms with Gasteiger partial charge in [0.25, 0.3) is 11.8 Å². The van der Waals surface area contributed by atoms with Crippen LogP contribution in [-0.4, -0.2) is 59.1 Å². The van der Waals surface area contributed by atoms with Gasteiger partial charge in [-0.05, 0) is 23.6 Å². The minimum Gasteiger partial charge on any atom is -0.466 e. The monoisotopic (exact) mass is 382 g/mol. The lowest BCUT2D eigenvalue weighted by atomic mass is 10.00. The average molecular weight is 382 g/mol. The van der Waals surface area contributed by atoms with Crippen molar-refractivity contribution in [1.82, 2.24) is 15.2 Å². The Bertz CT molecular complexity index is 902. The number of β-amino-alcohol motifs (C(OH)–C–C–N with tert-alkyl or cyclic N) is 1. The third kappa shape index (κ3) is 4.13. The number of aliphatic hydroxyl groups is 1. The fraction of sp³-hybridized carbons (Fsp3) is 0.350. The standard InChI is InChI=1S/C20H22N4O4/c25-16(11-24-6-5-13-3-1-2-4-14(13)10-24)9-21-19(27)15-7-17-20(22-8-15)28-12-18(26)23-17/h1-4,7-8,16,25H,5-6,9-12H2,(H,21,27)(H,23,26)/t16-/m0/s1. The average Bonchev–Trinajstić information content (AvgIpc) is 2.71. The molecular weight excluding hydrogens is 360 g/mol. The second-order valence-corrected chi connectivity index (χ2v) is 7.03. The fourth-order valence-corrected chi connectivity index (χ4v) is 3.49. The second kappa shape index (κ2) is 7.95. The van der Waals surface area contributed by atoms with Crippen molar-refractivity contribution in [2.75, 3.05) is 31.6 Å². The summed E-state index contributed by atoms with van der Waals surface area (Å²) in [4.78, 5) is 30.0. The summed E-state index contributed by atoms with van der Waals surface area (Å²) >= 11 is 0. The number of nitrogens with one attached hydrogen (secondary N) is 2. The van der Waals surface area contributed by atoms with E-state index < -0.39 is 6.10 Å². The summed E-state index contributed by atoms with van der Waals surface area (Å²) in [6.07, 6.45) is 1.67. The number of benzene rings is 1. The Morgan fingerprint density at radius 2 is 2.18 bits per heavy atom. The van der Waals surface area contributed by atoms with E-state index >= 15 is 0 Å². The van der Waals surface area contributed by atoms with Crippen LogP contribution in [0.15, 0.2) is 36.5 Å². The number of ether oxygens (including phenoxy) is 1. The number of nitrogens with zero attached hydrogens (tertiary/aromatic N) is 2. The third-order valence-electron chi connectivity index (χ3n) is 4.90. The van der Waals surface area contributed by atoms with E-state index in [1.165, 1.54) is 23.4 Å². The Morgan fingerprint density at radius 3 is 3.04 bits per heavy atom. The molecule has 28 heavy (non-hydrogen) atoms. The minimum absolute atomic E-state index is 0.0846. The summed E-state index contributed by atoms with van der Waals surface area (Å²) in [5.74, 6) is -0.356. The van der Waals surface area contributed by atoms with E-state index in [1.807, 2.05) is 12.1 Å². The molecule has 0 radical (unpaired) electrons. The number of anilines is 1. The van der Waals surface area contributed by atoms with E-state index in [0.717, 1.165) is 19.5 Å². The Morgan fingerprint density at radius 1 is 1.36 bits per heavy atom. The molecular formula is C20H22N4O4. The zero-order valence-corrected chi connectivity index (χ0v) is 15.4. The van der Waals surface area contributed by atoms with E-state index in [0.29, 0.717) is 23.7 Å². The van der Waals surface area contributed by atoms with Gasteiger partial charge in [-0.1, -0.05) is 24.3 Å². The summed E-state index contributed by atoms with van der Waals surface area (Å²) in [7, 11) is 0. The van der Waals surface area contributed by atoms with Crippen LogP contribution in [0.5, 0.6) is 5.88 Å². The molecule has 1 atom stereocenters. The van der Waals surface area contributed by atoms with Crippen molar-refractivity contribution in [2.24, 2.45) is 0 Å². The van der Waals surface area contributed by atoms with E-state index in [-0.39, 0.29) is 25.0 Å². The molecule has 2 aliphatic heterocycles. The molecule has 146 valence electrons. The molecule has 8 nitrogen and oxygen atoms in total. The Kier molecular flexibility index (Phi) is 5.23. The highest BCUT2D eigenvalue weighted by atomic mass is 16.5. The minimum atomic E-state index is -0.678. The topological polar surface area (TPSA) is 104 Å². The van der Waals surface area contributed by atoms with Crippen LogP contribution in [0, 0.1) is 0 Å². The Balaban J connectivity index is 1.29. The largest absolute Gasteiger partial charge is 0.466 e. The molecule has 0 saturated carbocycles. The molecule has 0 unspecified atom stereocenters. The molecule has 2 aromatic rings. The molecule has 0 bridgehead atoms. The number of aromatic nitrogens is 1. The fourth-order valence-electron chi connectivity index (χ4n) is 3.49. The number of hydrogen-bond donors (Lipinski definition) is 3. The molecule has 2 aliphatic rings. The lowest BCUT2D eigenvalue weighted by molar-refractivity contribution is -0.118. The number of rotatable bonds is 5. The van der Waals surface area contributed by atoms with Gasteiger partial charge >= 0.3 is 0 Å². The maximum atomic E-state index is 12.3. The quantitative estimate of drug-likeness (QED) is 0.698. The highest BCUT2D eigenvalue weighted by Gasteiger charge is 2.21. The number of carbonyl (C=O) groups is 2. The lowest BCUT2D eigenvalue weighted by Crippen LogP contribution is -2.42. The van der Waals surface area contributed by atoms with E-state index in [2.05, 4.69) is 32.7 Å². The molecule has 1 aromatic carbocycles. The molecule has 0 fully saturated rings. The predicted octanol–water partition coefficient (Wildman–Crippen LogP) is 0.561. The Hall–Kier alpha value is -2.97. The smallest absolute Gasteiger partial charge is 0.262 e. The highest BCUT2D eigenvalue weighted by Crippen LogP contribution is 2.25. The number of pyridine rings is 1. The number of aliphatic hydroxyl groups excluding tert-OH is 1. The Labute approximate surface area is 162 Å². The molecule has 8 heteroatoms. The van der Waals surface area contributed by atoms with Gasteiger partial charge in [-0.15, -0.1) is 0 Å². The van der Waals surface area contributed by atoms with Gasteiger partial charge in [-0.2, -0.15) is 0 Å². The van der Waals surface area contributed by atoms with Gasteiger partial charge in [0.15, 0.2) is 6.61 Å². The zero-order valence-electron chi connectivity index (χ0n) is 15.4. The number of fused-ring (bicyclic) bond motifs is 2. The van der Waals surface area contributed by atoms with Crippen LogP contribution in [-0.2, 0) is 17.8 Å². The van der Waals surface area contributed by atoms with Gasteiger partial charge < -0.3 is 20.5 Å². The maximum absolute atomic E-state index is 12.3. The first-order valence-electron chi connectivity index (χ1n) is 9.26. The van der Waals surface area contributed by atoms with Crippen LogP contribution < -0.4 is 15.4 Å². The zero-order chi connectivity index (χ0) is 19.5. The molecule has 4 rings (SSSR count). The van der Waals surface area contributed by atoms with Crippen molar-refractivity contribution in [3.8, 4) is 5.88 Å². The van der Waals surface area contributed by atoms with E-state index in [4.69, 9.17) is 4.74 Å². The van der Waals surface area contributed by atoms with Gasteiger partial charge in [-0.25, -0.2) is 4.98 Å². The van der Waals surface area contributed by atoms with Crippen molar-refractivity contribution in [3.05, 3.63) is 53.2 Å².